The zero-order valence-electron chi connectivity index (χ0n) is 14.9. The van der Waals surface area contributed by atoms with Gasteiger partial charge in [-0.1, -0.05) is 11.6 Å². The van der Waals surface area contributed by atoms with Crippen LogP contribution < -0.4 is 16.4 Å². The molecule has 2 aromatic rings. The lowest BCUT2D eigenvalue weighted by Gasteiger charge is -2.12. The van der Waals surface area contributed by atoms with Gasteiger partial charge in [0.05, 0.1) is 41.7 Å². The second-order valence-corrected chi connectivity index (χ2v) is 5.80. The largest absolute Gasteiger partial charge is 0.465 e. The zero-order valence-corrected chi connectivity index (χ0v) is 15.6. The van der Waals surface area contributed by atoms with Crippen LogP contribution in [0, 0.1) is 0 Å². The third-order valence-corrected chi connectivity index (χ3v) is 3.89. The molecule has 2 amide bonds. The summed E-state index contributed by atoms with van der Waals surface area (Å²) in [4.78, 5) is 47.9. The number of anilines is 3. The highest BCUT2D eigenvalue weighted by Gasteiger charge is 2.21. The molecule has 0 unspecified atom stereocenters. The highest BCUT2D eigenvalue weighted by molar-refractivity contribution is 6.44. The smallest absolute Gasteiger partial charge is 0.339 e. The zero-order chi connectivity index (χ0) is 20.8. The summed E-state index contributed by atoms with van der Waals surface area (Å²) in [5.41, 5.74) is 6.07. The monoisotopic (exact) mass is 405 g/mol. The van der Waals surface area contributed by atoms with Crippen LogP contribution >= 0.6 is 11.6 Å². The van der Waals surface area contributed by atoms with E-state index < -0.39 is 23.8 Å². The quantitative estimate of drug-likeness (QED) is 0.402. The van der Waals surface area contributed by atoms with Crippen LogP contribution in [0.5, 0.6) is 0 Å². The van der Waals surface area contributed by atoms with Crippen molar-refractivity contribution in [3.8, 4) is 0 Å². The van der Waals surface area contributed by atoms with E-state index >= 15 is 0 Å². The lowest BCUT2D eigenvalue weighted by molar-refractivity contribution is -0.133. The van der Waals surface area contributed by atoms with Crippen molar-refractivity contribution < 1.29 is 28.7 Å². The van der Waals surface area contributed by atoms with Gasteiger partial charge in [0.2, 0.25) is 0 Å². The molecule has 0 heterocycles. The first-order chi connectivity index (χ1) is 13.3. The Morgan fingerprint density at radius 3 is 2.14 bits per heavy atom. The number of nitrogen functional groups attached to an aromatic ring is 1. The van der Waals surface area contributed by atoms with Crippen LogP contribution in [0.3, 0.4) is 0 Å². The van der Waals surface area contributed by atoms with Crippen LogP contribution in [-0.2, 0) is 19.1 Å². The molecule has 0 saturated heterocycles. The highest BCUT2D eigenvalue weighted by atomic mass is 35.5. The van der Waals surface area contributed by atoms with Crippen LogP contribution in [0.1, 0.15) is 20.7 Å². The second-order valence-electron chi connectivity index (χ2n) is 5.39. The SMILES string of the molecule is COC(=O)c1ccc(C(=O)OC)c(NC(=O)C(=O)Nc2ccc(N)c(Cl)c2)c1. The van der Waals surface area contributed by atoms with E-state index in [2.05, 4.69) is 20.1 Å². The minimum Gasteiger partial charge on any atom is -0.465 e. The predicted octanol–water partition coefficient (Wildman–Crippen LogP) is 2.07. The molecule has 0 spiro atoms. The molecule has 2 aromatic carbocycles. The summed E-state index contributed by atoms with van der Waals surface area (Å²) >= 11 is 5.87. The number of amides is 2. The van der Waals surface area contributed by atoms with Gasteiger partial charge in [0.1, 0.15) is 0 Å². The summed E-state index contributed by atoms with van der Waals surface area (Å²) in [6, 6.07) is 8.09. The fourth-order valence-electron chi connectivity index (χ4n) is 2.15. The predicted molar refractivity (Wildman–Crippen MR) is 102 cm³/mol. The van der Waals surface area contributed by atoms with Crippen molar-refractivity contribution in [1.29, 1.82) is 0 Å². The molecule has 0 aliphatic heterocycles. The third-order valence-electron chi connectivity index (χ3n) is 3.56. The van der Waals surface area contributed by atoms with Gasteiger partial charge in [0.15, 0.2) is 0 Å². The number of benzene rings is 2. The van der Waals surface area contributed by atoms with Crippen LogP contribution in [0.4, 0.5) is 17.1 Å². The molecule has 0 atom stereocenters. The van der Waals surface area contributed by atoms with Crippen LogP contribution in [-0.4, -0.2) is 38.0 Å². The first-order valence-corrected chi connectivity index (χ1v) is 8.12. The van der Waals surface area contributed by atoms with E-state index in [1.54, 1.807) is 0 Å². The summed E-state index contributed by atoms with van der Waals surface area (Å²) in [6.45, 7) is 0. The van der Waals surface area contributed by atoms with Gasteiger partial charge >= 0.3 is 23.8 Å². The maximum atomic E-state index is 12.2. The Bertz CT molecular complexity index is 960. The third kappa shape index (κ3) is 4.77. The lowest BCUT2D eigenvalue weighted by Crippen LogP contribution is -2.30. The molecule has 0 aliphatic rings. The molecule has 10 heteroatoms. The standard InChI is InChI=1S/C18H16ClN3O6/c1-27-17(25)9-3-5-11(18(26)28-2)14(7-9)22-16(24)15(23)21-10-4-6-13(20)12(19)8-10/h3-8H,20H2,1-2H3,(H,21,23)(H,22,24). The van der Waals surface area contributed by atoms with Crippen LogP contribution in [0.2, 0.25) is 5.02 Å². The molecular formula is C18H16ClN3O6. The molecular weight excluding hydrogens is 390 g/mol. The Morgan fingerprint density at radius 1 is 0.893 bits per heavy atom. The molecule has 146 valence electrons. The average molecular weight is 406 g/mol. The fourth-order valence-corrected chi connectivity index (χ4v) is 2.33. The Balaban J connectivity index is 2.24. The number of nitrogens with two attached hydrogens (primary N) is 1. The van der Waals surface area contributed by atoms with E-state index in [-0.39, 0.29) is 27.5 Å². The average Bonchev–Trinajstić information content (AvgIpc) is 2.69. The number of halogens is 1. The normalized spacial score (nSPS) is 9.96. The van der Waals surface area contributed by atoms with Gasteiger partial charge in [0, 0.05) is 5.69 Å². The Kier molecular flexibility index (Phi) is 6.56. The van der Waals surface area contributed by atoms with Crippen molar-refractivity contribution in [2.24, 2.45) is 0 Å². The summed E-state index contributed by atoms with van der Waals surface area (Å²) < 4.78 is 9.23. The van der Waals surface area contributed by atoms with Gasteiger partial charge in [-0.05, 0) is 36.4 Å². The van der Waals surface area contributed by atoms with Gasteiger partial charge in [-0.3, -0.25) is 9.59 Å². The van der Waals surface area contributed by atoms with Crippen molar-refractivity contribution in [1.82, 2.24) is 0 Å². The summed E-state index contributed by atoms with van der Waals surface area (Å²) in [7, 11) is 2.33. The Hall–Kier alpha value is -3.59. The van der Waals surface area contributed by atoms with E-state index in [1.165, 1.54) is 43.5 Å². The van der Waals surface area contributed by atoms with E-state index in [9.17, 15) is 19.2 Å². The number of methoxy groups -OCH3 is 2. The molecule has 28 heavy (non-hydrogen) atoms. The van der Waals surface area contributed by atoms with Crippen LogP contribution in [0.15, 0.2) is 36.4 Å². The highest BCUT2D eigenvalue weighted by Crippen LogP contribution is 2.23. The van der Waals surface area contributed by atoms with Gasteiger partial charge in [-0.2, -0.15) is 0 Å². The molecule has 0 aliphatic carbocycles. The second kappa shape index (κ2) is 8.87. The van der Waals surface area contributed by atoms with Crippen molar-refractivity contribution in [2.75, 3.05) is 30.6 Å². The first kappa shape index (κ1) is 20.7. The molecule has 0 fully saturated rings. The Morgan fingerprint density at radius 2 is 1.54 bits per heavy atom. The number of carbonyl (C=O) groups excluding carboxylic acids is 4. The molecule has 2 rings (SSSR count). The lowest BCUT2D eigenvalue weighted by atomic mass is 10.1. The number of carbonyl (C=O) groups is 4. The van der Waals surface area contributed by atoms with Crippen LogP contribution in [0.25, 0.3) is 0 Å². The van der Waals surface area contributed by atoms with Crippen molar-refractivity contribution in [2.45, 2.75) is 0 Å². The van der Waals surface area contributed by atoms with E-state index in [0.717, 1.165) is 7.11 Å². The Labute approximate surface area is 164 Å². The molecule has 0 aromatic heterocycles. The van der Waals surface area contributed by atoms with Gasteiger partial charge < -0.3 is 25.8 Å². The number of hydrogen-bond acceptors (Lipinski definition) is 7. The molecule has 9 nitrogen and oxygen atoms in total. The first-order valence-electron chi connectivity index (χ1n) is 7.74. The van der Waals surface area contributed by atoms with E-state index in [4.69, 9.17) is 17.3 Å². The summed E-state index contributed by atoms with van der Waals surface area (Å²) in [5.74, 6) is -3.56. The van der Waals surface area contributed by atoms with Gasteiger partial charge in [0.25, 0.3) is 0 Å². The van der Waals surface area contributed by atoms with E-state index in [0.29, 0.717) is 5.69 Å². The number of ether oxygens (including phenoxy) is 2. The van der Waals surface area contributed by atoms with Crippen molar-refractivity contribution >= 4 is 52.4 Å². The number of esters is 2. The number of nitrogens with one attached hydrogen (secondary N) is 2. The van der Waals surface area contributed by atoms with Crippen molar-refractivity contribution in [3.05, 3.63) is 52.5 Å². The summed E-state index contributed by atoms with van der Waals surface area (Å²) in [5, 5.41) is 4.82. The maximum absolute atomic E-state index is 12.2. The fraction of sp³-hybridized carbons (Fsp3) is 0.111. The molecule has 0 saturated carbocycles. The minimum atomic E-state index is -1.08. The maximum Gasteiger partial charge on any atom is 0.339 e. The number of rotatable bonds is 4. The van der Waals surface area contributed by atoms with Gasteiger partial charge in [-0.25, -0.2) is 9.59 Å². The summed E-state index contributed by atoms with van der Waals surface area (Å²) in [6.07, 6.45) is 0. The van der Waals surface area contributed by atoms with Crippen molar-refractivity contribution in [3.63, 3.8) is 0 Å². The van der Waals surface area contributed by atoms with Gasteiger partial charge in [-0.15, -0.1) is 0 Å². The molecule has 0 bridgehead atoms. The van der Waals surface area contributed by atoms with E-state index in [1.807, 2.05) is 0 Å². The topological polar surface area (TPSA) is 137 Å². The molecule has 4 N–H and O–H groups in total. The molecule has 0 radical (unpaired) electrons. The number of hydrogen-bond donors (Lipinski definition) is 3. The minimum absolute atomic E-state index is 0.0492.